The van der Waals surface area contributed by atoms with Gasteiger partial charge in [-0.3, -0.25) is 9.48 Å². The highest BCUT2D eigenvalue weighted by Gasteiger charge is 2.26. The molecule has 1 fully saturated rings. The summed E-state index contributed by atoms with van der Waals surface area (Å²) in [5, 5.41) is 4.27. The second-order valence-electron chi connectivity index (χ2n) is 4.82. The Morgan fingerprint density at radius 3 is 2.61 bits per heavy atom. The van der Waals surface area contributed by atoms with Crippen molar-refractivity contribution in [2.24, 2.45) is 0 Å². The van der Waals surface area contributed by atoms with Crippen molar-refractivity contribution in [3.05, 3.63) is 16.4 Å². The van der Waals surface area contributed by atoms with E-state index >= 15 is 0 Å². The van der Waals surface area contributed by atoms with Crippen molar-refractivity contribution >= 4 is 21.8 Å². The first-order valence-corrected chi connectivity index (χ1v) is 6.88. The number of halogens is 1. The van der Waals surface area contributed by atoms with E-state index in [1.807, 2.05) is 31.9 Å². The van der Waals surface area contributed by atoms with E-state index in [2.05, 4.69) is 21.0 Å². The molecule has 5 nitrogen and oxygen atoms in total. The van der Waals surface area contributed by atoms with Crippen LogP contribution in [-0.2, 0) is 16.1 Å². The highest BCUT2D eigenvalue weighted by Crippen LogP contribution is 2.14. The van der Waals surface area contributed by atoms with E-state index < -0.39 is 0 Å². The first-order valence-electron chi connectivity index (χ1n) is 6.08. The Labute approximate surface area is 115 Å². The van der Waals surface area contributed by atoms with Gasteiger partial charge in [-0.05, 0) is 36.7 Å². The van der Waals surface area contributed by atoms with E-state index in [9.17, 15) is 4.79 Å². The van der Waals surface area contributed by atoms with Crippen molar-refractivity contribution in [1.82, 2.24) is 14.7 Å². The minimum absolute atomic E-state index is 0.0898. The zero-order valence-electron chi connectivity index (χ0n) is 10.9. The molecule has 1 aromatic heterocycles. The van der Waals surface area contributed by atoms with Gasteiger partial charge in [0.05, 0.1) is 22.4 Å². The smallest absolute Gasteiger partial charge is 0.244 e. The number of aromatic nitrogens is 2. The van der Waals surface area contributed by atoms with E-state index in [0.717, 1.165) is 10.2 Å². The van der Waals surface area contributed by atoms with Crippen LogP contribution in [-0.4, -0.2) is 45.9 Å². The molecular weight excluding hydrogens is 298 g/mol. The van der Waals surface area contributed by atoms with Gasteiger partial charge in [0.15, 0.2) is 0 Å². The number of rotatable bonds is 2. The predicted molar refractivity (Wildman–Crippen MR) is 71.3 cm³/mol. The number of hydrogen-bond donors (Lipinski definition) is 0. The fourth-order valence-electron chi connectivity index (χ4n) is 2.19. The van der Waals surface area contributed by atoms with Gasteiger partial charge in [-0.15, -0.1) is 0 Å². The zero-order valence-corrected chi connectivity index (χ0v) is 12.5. The molecule has 1 aliphatic rings. The lowest BCUT2D eigenvalue weighted by atomic mass is 10.2. The van der Waals surface area contributed by atoms with E-state index in [4.69, 9.17) is 4.74 Å². The number of amides is 1. The van der Waals surface area contributed by atoms with Crippen LogP contribution in [0.5, 0.6) is 0 Å². The fraction of sp³-hybridized carbons (Fsp3) is 0.667. The molecule has 0 aromatic carbocycles. The van der Waals surface area contributed by atoms with Gasteiger partial charge >= 0.3 is 0 Å². The van der Waals surface area contributed by atoms with Gasteiger partial charge in [0.25, 0.3) is 0 Å². The van der Waals surface area contributed by atoms with Crippen LogP contribution < -0.4 is 0 Å². The lowest BCUT2D eigenvalue weighted by Crippen LogP contribution is -2.49. The lowest BCUT2D eigenvalue weighted by Gasteiger charge is -2.35. The summed E-state index contributed by atoms with van der Waals surface area (Å²) in [7, 11) is 0. The van der Waals surface area contributed by atoms with Crippen molar-refractivity contribution in [3.8, 4) is 0 Å². The van der Waals surface area contributed by atoms with Gasteiger partial charge in [-0.25, -0.2) is 0 Å². The topological polar surface area (TPSA) is 47.4 Å². The Morgan fingerprint density at radius 2 is 2.11 bits per heavy atom. The van der Waals surface area contributed by atoms with Crippen LogP contribution in [0.1, 0.15) is 19.5 Å². The number of carbonyl (C=O) groups excluding carboxylic acids is 1. The summed E-state index contributed by atoms with van der Waals surface area (Å²) in [5.74, 6) is 0.0898. The van der Waals surface area contributed by atoms with Crippen LogP contribution >= 0.6 is 15.9 Å². The molecule has 0 radical (unpaired) electrons. The van der Waals surface area contributed by atoms with Crippen molar-refractivity contribution in [2.45, 2.75) is 39.5 Å². The van der Waals surface area contributed by atoms with Gasteiger partial charge in [0.1, 0.15) is 6.54 Å². The SMILES string of the molecule is Cc1nn(CC(=O)N2CC(C)OC(C)C2)cc1Br. The summed E-state index contributed by atoms with van der Waals surface area (Å²) >= 11 is 3.39. The number of hydrogen-bond acceptors (Lipinski definition) is 3. The van der Waals surface area contributed by atoms with Crippen LogP contribution in [0.2, 0.25) is 0 Å². The predicted octanol–water partition coefficient (Wildman–Crippen LogP) is 1.59. The van der Waals surface area contributed by atoms with Crippen molar-refractivity contribution in [2.75, 3.05) is 13.1 Å². The van der Waals surface area contributed by atoms with Crippen LogP contribution in [0, 0.1) is 6.92 Å². The molecule has 0 aliphatic carbocycles. The molecule has 18 heavy (non-hydrogen) atoms. The summed E-state index contributed by atoms with van der Waals surface area (Å²) in [5.41, 5.74) is 0.895. The van der Waals surface area contributed by atoms with Crippen molar-refractivity contribution in [1.29, 1.82) is 0 Å². The maximum atomic E-state index is 12.2. The molecule has 100 valence electrons. The summed E-state index contributed by atoms with van der Waals surface area (Å²) in [6.45, 7) is 7.49. The summed E-state index contributed by atoms with van der Waals surface area (Å²) in [4.78, 5) is 14.0. The number of carbonyl (C=O) groups is 1. The molecule has 1 saturated heterocycles. The molecule has 2 unspecified atom stereocenters. The standard InChI is InChI=1S/C12H18BrN3O2/c1-8-4-15(5-9(2)18-8)12(17)7-16-6-11(13)10(3)14-16/h6,8-9H,4-5,7H2,1-3H3. The van der Waals surface area contributed by atoms with Gasteiger partial charge in [0.2, 0.25) is 5.91 Å². The number of nitrogens with zero attached hydrogens (tertiary/aromatic N) is 3. The summed E-state index contributed by atoms with van der Waals surface area (Å²) in [6, 6.07) is 0. The minimum Gasteiger partial charge on any atom is -0.372 e. The third kappa shape index (κ3) is 3.11. The highest BCUT2D eigenvalue weighted by atomic mass is 79.9. The van der Waals surface area contributed by atoms with Gasteiger partial charge < -0.3 is 9.64 Å². The summed E-state index contributed by atoms with van der Waals surface area (Å²) < 4.78 is 8.22. The molecule has 0 N–H and O–H groups in total. The van der Waals surface area contributed by atoms with E-state index in [0.29, 0.717) is 13.1 Å². The molecule has 2 heterocycles. The van der Waals surface area contributed by atoms with Gasteiger partial charge in [0, 0.05) is 19.3 Å². The van der Waals surface area contributed by atoms with E-state index in [1.54, 1.807) is 4.68 Å². The molecule has 0 saturated carbocycles. The largest absolute Gasteiger partial charge is 0.372 e. The molecule has 2 atom stereocenters. The Morgan fingerprint density at radius 1 is 1.50 bits per heavy atom. The van der Waals surface area contributed by atoms with E-state index in [1.165, 1.54) is 0 Å². The third-order valence-electron chi connectivity index (χ3n) is 2.96. The average Bonchev–Trinajstić information content (AvgIpc) is 2.56. The van der Waals surface area contributed by atoms with Crippen molar-refractivity contribution in [3.63, 3.8) is 0 Å². The quantitative estimate of drug-likeness (QED) is 0.832. The monoisotopic (exact) mass is 315 g/mol. The molecule has 0 spiro atoms. The lowest BCUT2D eigenvalue weighted by molar-refractivity contribution is -0.144. The Kier molecular flexibility index (Phi) is 4.07. The Hall–Kier alpha value is -0.880. The number of ether oxygens (including phenoxy) is 1. The fourth-order valence-corrected chi connectivity index (χ4v) is 2.51. The molecular formula is C12H18BrN3O2. The average molecular weight is 316 g/mol. The normalized spacial score (nSPS) is 24.3. The van der Waals surface area contributed by atoms with Gasteiger partial charge in [-0.2, -0.15) is 5.10 Å². The molecule has 1 aliphatic heterocycles. The maximum Gasteiger partial charge on any atom is 0.244 e. The minimum atomic E-state index is 0.0898. The molecule has 6 heteroatoms. The van der Waals surface area contributed by atoms with Crippen molar-refractivity contribution < 1.29 is 9.53 Å². The molecule has 1 amide bonds. The van der Waals surface area contributed by atoms with Gasteiger partial charge in [-0.1, -0.05) is 0 Å². The van der Waals surface area contributed by atoms with E-state index in [-0.39, 0.29) is 24.7 Å². The maximum absolute atomic E-state index is 12.2. The Balaban J connectivity index is 1.99. The third-order valence-corrected chi connectivity index (χ3v) is 3.73. The molecule has 2 rings (SSSR count). The van der Waals surface area contributed by atoms with Crippen LogP contribution in [0.3, 0.4) is 0 Å². The van der Waals surface area contributed by atoms with Crippen LogP contribution in [0.25, 0.3) is 0 Å². The Bertz CT molecular complexity index is 417. The number of aryl methyl sites for hydroxylation is 1. The first kappa shape index (κ1) is 13.5. The second kappa shape index (κ2) is 5.40. The molecule has 1 aromatic rings. The zero-order chi connectivity index (χ0) is 13.3. The van der Waals surface area contributed by atoms with Crippen LogP contribution in [0.4, 0.5) is 0 Å². The second-order valence-corrected chi connectivity index (χ2v) is 5.67. The first-order chi connectivity index (χ1) is 8.45. The van der Waals surface area contributed by atoms with Crippen LogP contribution in [0.15, 0.2) is 10.7 Å². The summed E-state index contributed by atoms with van der Waals surface area (Å²) in [6.07, 6.45) is 2.04. The highest BCUT2D eigenvalue weighted by molar-refractivity contribution is 9.10. The number of morpholine rings is 1. The molecule has 0 bridgehead atoms.